The first-order valence-corrected chi connectivity index (χ1v) is 7.21. The maximum absolute atomic E-state index is 12.0. The third-order valence-corrected chi connectivity index (χ3v) is 4.63. The number of hydrogen-bond donors (Lipinski definition) is 0. The van der Waals surface area contributed by atoms with Crippen LogP contribution in [0.4, 0.5) is 0 Å². The van der Waals surface area contributed by atoms with Crippen LogP contribution in [0.1, 0.15) is 37.4 Å². The number of pyridine rings is 2. The fourth-order valence-electron chi connectivity index (χ4n) is 3.03. The Labute approximate surface area is 119 Å². The Morgan fingerprint density at radius 1 is 1.40 bits per heavy atom. The molecular formula is C16H21N3O. The second kappa shape index (κ2) is 4.70. The van der Waals surface area contributed by atoms with Gasteiger partial charge in [-0.3, -0.25) is 14.7 Å². The SMILES string of the molecule is Cc1cc2ncc([C@H](C)N3CC[C@H]3C)cc2n(C)c1=O. The van der Waals surface area contributed by atoms with Gasteiger partial charge in [-0.15, -0.1) is 0 Å². The van der Waals surface area contributed by atoms with E-state index in [0.717, 1.165) is 23.1 Å². The van der Waals surface area contributed by atoms with Crippen molar-refractivity contribution >= 4 is 11.0 Å². The van der Waals surface area contributed by atoms with Gasteiger partial charge in [0.05, 0.1) is 11.0 Å². The fourth-order valence-corrected chi connectivity index (χ4v) is 3.03. The van der Waals surface area contributed by atoms with E-state index in [0.29, 0.717) is 12.1 Å². The predicted octanol–water partition coefficient (Wildman–Crippen LogP) is 2.40. The zero-order chi connectivity index (χ0) is 14.4. The van der Waals surface area contributed by atoms with E-state index in [2.05, 4.69) is 29.8 Å². The monoisotopic (exact) mass is 271 g/mol. The van der Waals surface area contributed by atoms with Crippen molar-refractivity contribution in [3.8, 4) is 0 Å². The molecule has 2 atom stereocenters. The molecule has 1 aliphatic heterocycles. The van der Waals surface area contributed by atoms with E-state index in [1.54, 1.807) is 4.57 Å². The van der Waals surface area contributed by atoms with Gasteiger partial charge in [0, 0.05) is 37.4 Å². The zero-order valence-corrected chi connectivity index (χ0v) is 12.6. The van der Waals surface area contributed by atoms with Crippen LogP contribution in [0.15, 0.2) is 23.1 Å². The molecule has 3 heterocycles. The summed E-state index contributed by atoms with van der Waals surface area (Å²) in [7, 11) is 1.82. The molecule has 1 fully saturated rings. The number of aromatic nitrogens is 2. The molecule has 0 spiro atoms. The van der Waals surface area contributed by atoms with Gasteiger partial charge in [0.1, 0.15) is 0 Å². The quantitative estimate of drug-likeness (QED) is 0.842. The number of hydrogen-bond acceptors (Lipinski definition) is 3. The van der Waals surface area contributed by atoms with Gasteiger partial charge in [-0.2, -0.15) is 0 Å². The number of fused-ring (bicyclic) bond motifs is 1. The summed E-state index contributed by atoms with van der Waals surface area (Å²) in [5.74, 6) is 0. The fraction of sp³-hybridized carbons (Fsp3) is 0.500. The second-order valence-electron chi connectivity index (χ2n) is 5.92. The van der Waals surface area contributed by atoms with Crippen molar-refractivity contribution in [2.24, 2.45) is 7.05 Å². The number of aryl methyl sites for hydroxylation is 2. The number of rotatable bonds is 2. The van der Waals surface area contributed by atoms with Gasteiger partial charge in [0.15, 0.2) is 0 Å². The van der Waals surface area contributed by atoms with Gasteiger partial charge in [0.2, 0.25) is 0 Å². The summed E-state index contributed by atoms with van der Waals surface area (Å²) in [4.78, 5) is 19.1. The molecule has 20 heavy (non-hydrogen) atoms. The summed E-state index contributed by atoms with van der Waals surface area (Å²) in [5.41, 5.74) is 3.78. The average molecular weight is 271 g/mol. The molecule has 3 rings (SSSR count). The molecule has 4 heteroatoms. The summed E-state index contributed by atoms with van der Waals surface area (Å²) in [6.07, 6.45) is 3.21. The minimum atomic E-state index is 0.0569. The number of likely N-dealkylation sites (tertiary alicyclic amines) is 1. The van der Waals surface area contributed by atoms with E-state index in [-0.39, 0.29) is 5.56 Å². The molecule has 2 aromatic heterocycles. The smallest absolute Gasteiger partial charge is 0.253 e. The molecular weight excluding hydrogens is 250 g/mol. The van der Waals surface area contributed by atoms with Crippen LogP contribution in [-0.2, 0) is 7.05 Å². The van der Waals surface area contributed by atoms with Gasteiger partial charge in [-0.1, -0.05) is 0 Å². The third kappa shape index (κ3) is 1.95. The van der Waals surface area contributed by atoms with Crippen LogP contribution in [0.5, 0.6) is 0 Å². The van der Waals surface area contributed by atoms with Gasteiger partial charge < -0.3 is 4.57 Å². The van der Waals surface area contributed by atoms with Gasteiger partial charge in [-0.25, -0.2) is 0 Å². The lowest BCUT2D eigenvalue weighted by molar-refractivity contribution is 0.0604. The predicted molar refractivity (Wildman–Crippen MR) is 80.9 cm³/mol. The maximum atomic E-state index is 12.0. The molecule has 106 valence electrons. The molecule has 0 aromatic carbocycles. The molecule has 0 aliphatic carbocycles. The van der Waals surface area contributed by atoms with Gasteiger partial charge in [-0.05, 0) is 44.9 Å². The van der Waals surface area contributed by atoms with Crippen molar-refractivity contribution in [2.45, 2.75) is 39.3 Å². The zero-order valence-electron chi connectivity index (χ0n) is 12.6. The molecule has 4 nitrogen and oxygen atoms in total. The average Bonchev–Trinajstić information content (AvgIpc) is 2.43. The Bertz CT molecular complexity index is 719. The minimum absolute atomic E-state index is 0.0569. The summed E-state index contributed by atoms with van der Waals surface area (Å²) in [6.45, 7) is 7.45. The first-order chi connectivity index (χ1) is 9.49. The van der Waals surface area contributed by atoms with Crippen molar-refractivity contribution in [1.82, 2.24) is 14.5 Å². The van der Waals surface area contributed by atoms with Crippen molar-refractivity contribution in [1.29, 1.82) is 0 Å². The minimum Gasteiger partial charge on any atom is -0.310 e. The molecule has 2 aromatic rings. The van der Waals surface area contributed by atoms with E-state index in [1.165, 1.54) is 12.0 Å². The molecule has 1 saturated heterocycles. The Kier molecular flexibility index (Phi) is 3.13. The van der Waals surface area contributed by atoms with Crippen LogP contribution >= 0.6 is 0 Å². The number of nitrogens with zero attached hydrogens (tertiary/aromatic N) is 3. The lowest BCUT2D eigenvalue weighted by Crippen LogP contribution is -2.46. The van der Waals surface area contributed by atoms with Crippen LogP contribution in [0.3, 0.4) is 0 Å². The van der Waals surface area contributed by atoms with Crippen LogP contribution < -0.4 is 5.56 Å². The van der Waals surface area contributed by atoms with Crippen LogP contribution in [0, 0.1) is 6.92 Å². The Hall–Kier alpha value is -1.68. The third-order valence-electron chi connectivity index (χ3n) is 4.63. The van der Waals surface area contributed by atoms with E-state index in [9.17, 15) is 4.79 Å². The molecule has 0 radical (unpaired) electrons. The summed E-state index contributed by atoms with van der Waals surface area (Å²) in [5, 5.41) is 0. The topological polar surface area (TPSA) is 38.1 Å². The maximum Gasteiger partial charge on any atom is 0.253 e. The van der Waals surface area contributed by atoms with Gasteiger partial charge in [0.25, 0.3) is 5.56 Å². The van der Waals surface area contributed by atoms with Gasteiger partial charge >= 0.3 is 0 Å². The van der Waals surface area contributed by atoms with Crippen LogP contribution in [0.25, 0.3) is 11.0 Å². The normalized spacial score (nSPS) is 20.9. The summed E-state index contributed by atoms with van der Waals surface area (Å²) in [6, 6.07) is 4.98. The highest BCUT2D eigenvalue weighted by molar-refractivity contribution is 5.75. The van der Waals surface area contributed by atoms with Crippen molar-refractivity contribution in [3.05, 3.63) is 39.8 Å². The highest BCUT2D eigenvalue weighted by Gasteiger charge is 2.29. The standard InChI is InChI=1S/C16H21N3O/c1-10-7-14-15(18(4)16(10)20)8-13(9-17-14)12(3)19-6-5-11(19)2/h7-9,11-12H,5-6H2,1-4H3/t11-,12+/m1/s1. The summed E-state index contributed by atoms with van der Waals surface area (Å²) < 4.78 is 1.70. The molecule has 0 unspecified atom stereocenters. The van der Waals surface area contributed by atoms with Crippen molar-refractivity contribution in [3.63, 3.8) is 0 Å². The molecule has 0 amide bonds. The Balaban J connectivity index is 2.08. The lowest BCUT2D eigenvalue weighted by Gasteiger charge is -2.43. The Morgan fingerprint density at radius 2 is 2.15 bits per heavy atom. The lowest BCUT2D eigenvalue weighted by atomic mass is 9.98. The largest absolute Gasteiger partial charge is 0.310 e. The van der Waals surface area contributed by atoms with E-state index < -0.39 is 0 Å². The van der Waals surface area contributed by atoms with E-state index in [1.807, 2.05) is 26.2 Å². The first kappa shape index (κ1) is 13.3. The highest BCUT2D eigenvalue weighted by Crippen LogP contribution is 2.30. The van der Waals surface area contributed by atoms with E-state index in [4.69, 9.17) is 0 Å². The second-order valence-corrected chi connectivity index (χ2v) is 5.92. The summed E-state index contributed by atoms with van der Waals surface area (Å²) >= 11 is 0. The van der Waals surface area contributed by atoms with Crippen molar-refractivity contribution in [2.75, 3.05) is 6.54 Å². The van der Waals surface area contributed by atoms with Crippen molar-refractivity contribution < 1.29 is 0 Å². The van der Waals surface area contributed by atoms with Crippen LogP contribution in [-0.4, -0.2) is 27.0 Å². The molecule has 0 bridgehead atoms. The van der Waals surface area contributed by atoms with E-state index >= 15 is 0 Å². The molecule has 1 aliphatic rings. The first-order valence-electron chi connectivity index (χ1n) is 7.21. The Morgan fingerprint density at radius 3 is 2.75 bits per heavy atom. The molecule has 0 saturated carbocycles. The molecule has 0 N–H and O–H groups in total. The highest BCUT2D eigenvalue weighted by atomic mass is 16.1. The van der Waals surface area contributed by atoms with Crippen LogP contribution in [0.2, 0.25) is 0 Å².